The number of sulfonamides is 1. The highest BCUT2D eigenvalue weighted by molar-refractivity contribution is 7.89. The van der Waals surface area contributed by atoms with Crippen molar-refractivity contribution in [1.82, 2.24) is 5.32 Å². The van der Waals surface area contributed by atoms with Gasteiger partial charge in [0, 0.05) is 12.2 Å². The Hall–Kier alpha value is -2.58. The van der Waals surface area contributed by atoms with E-state index in [9.17, 15) is 13.2 Å². The highest BCUT2D eigenvalue weighted by Crippen LogP contribution is 2.14. The van der Waals surface area contributed by atoms with Gasteiger partial charge in [0.2, 0.25) is 15.9 Å². The highest BCUT2D eigenvalue weighted by Gasteiger charge is 2.07. The van der Waals surface area contributed by atoms with E-state index in [4.69, 9.17) is 9.88 Å². The smallest absolute Gasteiger partial charge is 0.239 e. The Morgan fingerprint density at radius 1 is 1.08 bits per heavy atom. The number of anilines is 1. The molecule has 0 atom stereocenters. The molecule has 0 saturated heterocycles. The molecule has 128 valence electrons. The van der Waals surface area contributed by atoms with Crippen LogP contribution in [0, 0.1) is 0 Å². The SMILES string of the molecule is COc1ccc(NCC(=O)NCc2ccc(S(N)(=O)=O)cc2)cc1. The molecule has 0 saturated carbocycles. The van der Waals surface area contributed by atoms with Crippen molar-refractivity contribution in [3.05, 3.63) is 54.1 Å². The van der Waals surface area contributed by atoms with Crippen LogP contribution in [0.3, 0.4) is 0 Å². The number of carbonyl (C=O) groups is 1. The topological polar surface area (TPSA) is 111 Å². The van der Waals surface area contributed by atoms with E-state index in [-0.39, 0.29) is 17.3 Å². The summed E-state index contributed by atoms with van der Waals surface area (Å²) in [6.07, 6.45) is 0. The molecule has 0 unspecified atom stereocenters. The van der Waals surface area contributed by atoms with E-state index < -0.39 is 10.0 Å². The Morgan fingerprint density at radius 3 is 2.25 bits per heavy atom. The van der Waals surface area contributed by atoms with Crippen molar-refractivity contribution in [2.45, 2.75) is 11.4 Å². The van der Waals surface area contributed by atoms with Crippen molar-refractivity contribution < 1.29 is 17.9 Å². The van der Waals surface area contributed by atoms with Gasteiger partial charge in [0.15, 0.2) is 0 Å². The van der Waals surface area contributed by atoms with E-state index in [0.29, 0.717) is 6.54 Å². The van der Waals surface area contributed by atoms with Crippen molar-refractivity contribution >= 4 is 21.6 Å². The van der Waals surface area contributed by atoms with Crippen LogP contribution in [0.1, 0.15) is 5.56 Å². The average molecular weight is 349 g/mol. The van der Waals surface area contributed by atoms with Crippen molar-refractivity contribution in [3.63, 3.8) is 0 Å². The molecule has 0 heterocycles. The largest absolute Gasteiger partial charge is 0.497 e. The molecule has 4 N–H and O–H groups in total. The maximum atomic E-state index is 11.8. The van der Waals surface area contributed by atoms with Crippen LogP contribution in [0.25, 0.3) is 0 Å². The number of hydrogen-bond donors (Lipinski definition) is 3. The van der Waals surface area contributed by atoms with Crippen LogP contribution in [-0.4, -0.2) is 28.0 Å². The number of rotatable bonds is 7. The normalized spacial score (nSPS) is 10.9. The van der Waals surface area contributed by atoms with Crippen LogP contribution in [-0.2, 0) is 21.4 Å². The van der Waals surface area contributed by atoms with Gasteiger partial charge in [-0.2, -0.15) is 0 Å². The first kappa shape index (κ1) is 17.8. The van der Waals surface area contributed by atoms with Crippen LogP contribution in [0.4, 0.5) is 5.69 Å². The molecule has 0 aliphatic rings. The fourth-order valence-electron chi connectivity index (χ4n) is 1.95. The third kappa shape index (κ3) is 5.25. The zero-order valence-electron chi connectivity index (χ0n) is 13.2. The molecule has 2 aromatic carbocycles. The lowest BCUT2D eigenvalue weighted by Crippen LogP contribution is -2.29. The van der Waals surface area contributed by atoms with Gasteiger partial charge in [-0.05, 0) is 42.0 Å². The number of carbonyl (C=O) groups excluding carboxylic acids is 1. The fourth-order valence-corrected chi connectivity index (χ4v) is 2.47. The number of nitrogens with one attached hydrogen (secondary N) is 2. The molecule has 0 aromatic heterocycles. The van der Waals surface area contributed by atoms with Crippen LogP contribution in [0.15, 0.2) is 53.4 Å². The lowest BCUT2D eigenvalue weighted by Gasteiger charge is -2.09. The molecule has 24 heavy (non-hydrogen) atoms. The molecular weight excluding hydrogens is 330 g/mol. The summed E-state index contributed by atoms with van der Waals surface area (Å²) >= 11 is 0. The van der Waals surface area contributed by atoms with Gasteiger partial charge in [-0.1, -0.05) is 12.1 Å². The van der Waals surface area contributed by atoms with E-state index in [1.54, 1.807) is 31.4 Å². The van der Waals surface area contributed by atoms with E-state index in [2.05, 4.69) is 10.6 Å². The zero-order valence-corrected chi connectivity index (χ0v) is 14.0. The molecule has 0 radical (unpaired) electrons. The number of primary sulfonamides is 1. The number of amides is 1. The maximum Gasteiger partial charge on any atom is 0.239 e. The van der Waals surface area contributed by atoms with Gasteiger partial charge in [-0.25, -0.2) is 13.6 Å². The second kappa shape index (κ2) is 7.80. The van der Waals surface area contributed by atoms with Gasteiger partial charge >= 0.3 is 0 Å². The number of methoxy groups -OCH3 is 1. The Balaban J connectivity index is 1.80. The average Bonchev–Trinajstić information content (AvgIpc) is 2.58. The maximum absolute atomic E-state index is 11.8. The highest BCUT2D eigenvalue weighted by atomic mass is 32.2. The molecule has 2 aromatic rings. The first-order valence-corrected chi connectivity index (χ1v) is 8.69. The summed E-state index contributed by atoms with van der Waals surface area (Å²) in [5, 5.41) is 10.8. The van der Waals surface area contributed by atoms with E-state index in [0.717, 1.165) is 17.0 Å². The molecule has 1 amide bonds. The molecule has 0 aliphatic heterocycles. The van der Waals surface area contributed by atoms with Crippen molar-refractivity contribution in [1.29, 1.82) is 0 Å². The minimum Gasteiger partial charge on any atom is -0.497 e. The standard InChI is InChI=1S/C16H19N3O4S/c1-23-14-6-4-13(5-7-14)18-11-16(20)19-10-12-2-8-15(9-3-12)24(17,21)22/h2-9,18H,10-11H2,1H3,(H,19,20)(H2,17,21,22). The lowest BCUT2D eigenvalue weighted by molar-refractivity contribution is -0.119. The van der Waals surface area contributed by atoms with E-state index in [1.165, 1.54) is 12.1 Å². The number of hydrogen-bond acceptors (Lipinski definition) is 5. The van der Waals surface area contributed by atoms with Gasteiger partial charge in [-0.3, -0.25) is 4.79 Å². The quantitative estimate of drug-likeness (QED) is 0.692. The predicted molar refractivity (Wildman–Crippen MR) is 91.1 cm³/mol. The Labute approximate surface area is 140 Å². The van der Waals surface area contributed by atoms with Gasteiger partial charge in [0.1, 0.15) is 5.75 Å². The Morgan fingerprint density at radius 2 is 1.71 bits per heavy atom. The molecule has 0 spiro atoms. The van der Waals surface area contributed by atoms with Crippen LogP contribution < -0.4 is 20.5 Å². The van der Waals surface area contributed by atoms with E-state index in [1.807, 2.05) is 12.1 Å². The number of nitrogens with two attached hydrogens (primary N) is 1. The molecule has 0 fully saturated rings. The van der Waals surface area contributed by atoms with Crippen LogP contribution in [0.2, 0.25) is 0 Å². The fraction of sp³-hybridized carbons (Fsp3) is 0.188. The summed E-state index contributed by atoms with van der Waals surface area (Å²) < 4.78 is 27.4. The molecule has 0 aliphatic carbocycles. The number of benzene rings is 2. The first-order chi connectivity index (χ1) is 11.4. The number of ether oxygens (including phenoxy) is 1. The van der Waals surface area contributed by atoms with Crippen molar-refractivity contribution in [3.8, 4) is 5.75 Å². The molecule has 8 heteroatoms. The summed E-state index contributed by atoms with van der Waals surface area (Å²) in [7, 11) is -2.11. The van der Waals surface area contributed by atoms with E-state index >= 15 is 0 Å². The zero-order chi connectivity index (χ0) is 17.6. The minimum atomic E-state index is -3.70. The molecular formula is C16H19N3O4S. The molecule has 2 rings (SSSR count). The summed E-state index contributed by atoms with van der Waals surface area (Å²) in [6, 6.07) is 13.3. The predicted octanol–water partition coefficient (Wildman–Crippen LogP) is 1.07. The Kier molecular flexibility index (Phi) is 5.78. The van der Waals surface area contributed by atoms with Gasteiger partial charge < -0.3 is 15.4 Å². The van der Waals surface area contributed by atoms with Crippen LogP contribution in [0.5, 0.6) is 5.75 Å². The monoisotopic (exact) mass is 349 g/mol. The summed E-state index contributed by atoms with van der Waals surface area (Å²) in [5.74, 6) is 0.564. The lowest BCUT2D eigenvalue weighted by atomic mass is 10.2. The van der Waals surface area contributed by atoms with Gasteiger partial charge in [0.05, 0.1) is 18.6 Å². The Bertz CT molecular complexity index is 787. The second-order valence-electron chi connectivity index (χ2n) is 5.05. The van der Waals surface area contributed by atoms with Gasteiger partial charge in [0.25, 0.3) is 0 Å². The van der Waals surface area contributed by atoms with Crippen molar-refractivity contribution in [2.75, 3.05) is 19.0 Å². The van der Waals surface area contributed by atoms with Crippen LogP contribution >= 0.6 is 0 Å². The summed E-state index contributed by atoms with van der Waals surface area (Å²) in [4.78, 5) is 11.9. The molecule has 0 bridgehead atoms. The summed E-state index contributed by atoms with van der Waals surface area (Å²) in [6.45, 7) is 0.426. The van der Waals surface area contributed by atoms with Crippen molar-refractivity contribution in [2.24, 2.45) is 5.14 Å². The minimum absolute atomic E-state index is 0.0405. The van der Waals surface area contributed by atoms with Gasteiger partial charge in [-0.15, -0.1) is 0 Å². The summed E-state index contributed by atoms with van der Waals surface area (Å²) in [5.41, 5.74) is 1.59. The second-order valence-corrected chi connectivity index (χ2v) is 6.61. The molecule has 7 nitrogen and oxygen atoms in total. The third-order valence-electron chi connectivity index (χ3n) is 3.28. The third-order valence-corrected chi connectivity index (χ3v) is 4.21. The first-order valence-electron chi connectivity index (χ1n) is 7.15.